The number of aromatic nitrogens is 3. The van der Waals surface area contributed by atoms with Gasteiger partial charge in [-0.05, 0) is 42.8 Å². The Morgan fingerprint density at radius 1 is 1.31 bits per heavy atom. The quantitative estimate of drug-likeness (QED) is 0.674. The van der Waals surface area contributed by atoms with Gasteiger partial charge in [0.15, 0.2) is 5.16 Å². The summed E-state index contributed by atoms with van der Waals surface area (Å²) in [6.45, 7) is 1.91. The van der Waals surface area contributed by atoms with Crippen LogP contribution in [0.5, 0.6) is 5.75 Å². The maximum Gasteiger partial charge on any atom is 0.355 e. The molecule has 1 N–H and O–H groups in total. The Hall–Kier alpha value is -2.58. The van der Waals surface area contributed by atoms with Crippen LogP contribution in [0.3, 0.4) is 0 Å². The summed E-state index contributed by atoms with van der Waals surface area (Å²) in [4.78, 5) is 32.4. The molecule has 3 rings (SSSR count). The number of fused-ring (bicyclic) bond motifs is 1. The molecule has 1 aromatic carbocycles. The summed E-state index contributed by atoms with van der Waals surface area (Å²) >= 11 is 7.03. The molecule has 0 bridgehead atoms. The van der Waals surface area contributed by atoms with Crippen molar-refractivity contribution >= 4 is 40.6 Å². The maximum absolute atomic E-state index is 12.2. The molecular weight excluding hydrogens is 376 g/mol. The molecule has 0 aliphatic carbocycles. The zero-order chi connectivity index (χ0) is 18.7. The molecule has 134 valence electrons. The number of carbonyl (C=O) groups is 1. The SMILES string of the molecule is COc1ccc(Cl)cc1NC(=O)CSc1nc(=O)n2ccc(C)cc2n1. The zero-order valence-corrected chi connectivity index (χ0v) is 15.6. The molecule has 1 amide bonds. The van der Waals surface area contributed by atoms with E-state index < -0.39 is 5.69 Å². The number of thioether (sulfide) groups is 1. The highest BCUT2D eigenvalue weighted by Crippen LogP contribution is 2.28. The number of benzene rings is 1. The van der Waals surface area contributed by atoms with Crippen molar-refractivity contribution in [3.05, 3.63) is 57.6 Å². The smallest absolute Gasteiger partial charge is 0.355 e. The number of hydrogen-bond donors (Lipinski definition) is 1. The summed E-state index contributed by atoms with van der Waals surface area (Å²) in [7, 11) is 1.51. The first-order valence-electron chi connectivity index (χ1n) is 7.59. The van der Waals surface area contributed by atoms with E-state index in [1.165, 1.54) is 11.5 Å². The van der Waals surface area contributed by atoms with Gasteiger partial charge in [-0.15, -0.1) is 0 Å². The fourth-order valence-electron chi connectivity index (χ4n) is 2.26. The number of hydrogen-bond acceptors (Lipinski definition) is 6. The fraction of sp³-hybridized carbons (Fsp3) is 0.176. The molecule has 0 fully saturated rings. The van der Waals surface area contributed by atoms with Crippen LogP contribution in [0.25, 0.3) is 5.65 Å². The Morgan fingerprint density at radius 3 is 2.88 bits per heavy atom. The number of methoxy groups -OCH3 is 1. The average molecular weight is 391 g/mol. The van der Waals surface area contributed by atoms with Gasteiger partial charge in [-0.3, -0.25) is 9.20 Å². The van der Waals surface area contributed by atoms with Crippen LogP contribution < -0.4 is 15.7 Å². The van der Waals surface area contributed by atoms with Crippen molar-refractivity contribution in [2.75, 3.05) is 18.2 Å². The lowest BCUT2D eigenvalue weighted by atomic mass is 10.3. The maximum atomic E-state index is 12.2. The zero-order valence-electron chi connectivity index (χ0n) is 14.0. The van der Waals surface area contributed by atoms with Gasteiger partial charge < -0.3 is 10.1 Å². The van der Waals surface area contributed by atoms with Crippen molar-refractivity contribution in [1.82, 2.24) is 14.4 Å². The summed E-state index contributed by atoms with van der Waals surface area (Å²) in [5.41, 5.74) is 1.50. The van der Waals surface area contributed by atoms with Gasteiger partial charge in [-0.1, -0.05) is 23.4 Å². The molecule has 0 atom stereocenters. The number of rotatable bonds is 5. The van der Waals surface area contributed by atoms with Crippen LogP contribution >= 0.6 is 23.4 Å². The number of nitrogens with zero attached hydrogens (tertiary/aromatic N) is 3. The van der Waals surface area contributed by atoms with Crippen molar-refractivity contribution in [2.45, 2.75) is 12.1 Å². The van der Waals surface area contributed by atoms with Crippen LogP contribution in [0.2, 0.25) is 5.02 Å². The molecule has 0 radical (unpaired) electrons. The monoisotopic (exact) mass is 390 g/mol. The van der Waals surface area contributed by atoms with Crippen molar-refractivity contribution < 1.29 is 9.53 Å². The molecule has 2 heterocycles. The number of aryl methyl sites for hydroxylation is 1. The van der Waals surface area contributed by atoms with Crippen LogP contribution in [-0.4, -0.2) is 33.1 Å². The van der Waals surface area contributed by atoms with E-state index in [0.717, 1.165) is 17.3 Å². The molecular formula is C17H15ClN4O3S. The molecule has 26 heavy (non-hydrogen) atoms. The fourth-order valence-corrected chi connectivity index (χ4v) is 3.06. The highest BCUT2D eigenvalue weighted by atomic mass is 35.5. The minimum absolute atomic E-state index is 0.0388. The highest BCUT2D eigenvalue weighted by molar-refractivity contribution is 7.99. The predicted molar refractivity (Wildman–Crippen MR) is 101 cm³/mol. The topological polar surface area (TPSA) is 85.6 Å². The van der Waals surface area contributed by atoms with Crippen LogP contribution in [0.4, 0.5) is 5.69 Å². The highest BCUT2D eigenvalue weighted by Gasteiger charge is 2.11. The minimum atomic E-state index is -0.436. The van der Waals surface area contributed by atoms with Crippen LogP contribution in [0.15, 0.2) is 46.5 Å². The van der Waals surface area contributed by atoms with Gasteiger partial charge in [0.25, 0.3) is 0 Å². The molecule has 0 aliphatic heterocycles. The van der Waals surface area contributed by atoms with E-state index in [0.29, 0.717) is 22.1 Å². The van der Waals surface area contributed by atoms with Gasteiger partial charge in [0.1, 0.15) is 11.4 Å². The minimum Gasteiger partial charge on any atom is -0.495 e. The Bertz CT molecular complexity index is 1040. The van der Waals surface area contributed by atoms with E-state index in [1.807, 2.05) is 6.92 Å². The lowest BCUT2D eigenvalue weighted by molar-refractivity contribution is -0.113. The first-order chi connectivity index (χ1) is 12.5. The number of ether oxygens (including phenoxy) is 1. The van der Waals surface area contributed by atoms with Crippen molar-refractivity contribution in [3.8, 4) is 5.75 Å². The molecule has 0 spiro atoms. The largest absolute Gasteiger partial charge is 0.495 e. The van der Waals surface area contributed by atoms with Crippen molar-refractivity contribution in [2.24, 2.45) is 0 Å². The Morgan fingerprint density at radius 2 is 2.12 bits per heavy atom. The number of amides is 1. The molecule has 2 aromatic heterocycles. The summed E-state index contributed by atoms with van der Waals surface area (Å²) in [6.07, 6.45) is 1.62. The second-order valence-corrected chi connectivity index (χ2v) is 6.78. The third kappa shape index (κ3) is 4.14. The lowest BCUT2D eigenvalue weighted by Crippen LogP contribution is -2.20. The van der Waals surface area contributed by atoms with E-state index in [1.54, 1.807) is 36.5 Å². The first kappa shape index (κ1) is 18.2. The molecule has 3 aromatic rings. The third-order valence-electron chi connectivity index (χ3n) is 3.47. The second kappa shape index (κ2) is 7.76. The summed E-state index contributed by atoms with van der Waals surface area (Å²) in [6, 6.07) is 8.52. The normalized spacial score (nSPS) is 10.7. The molecule has 0 saturated carbocycles. The Labute approximate surface area is 158 Å². The predicted octanol–water partition coefficient (Wildman–Crippen LogP) is 2.79. The first-order valence-corrected chi connectivity index (χ1v) is 8.96. The van der Waals surface area contributed by atoms with Crippen LogP contribution in [0.1, 0.15) is 5.56 Å². The Balaban J connectivity index is 1.73. The van der Waals surface area contributed by atoms with E-state index in [2.05, 4.69) is 15.3 Å². The van der Waals surface area contributed by atoms with Gasteiger partial charge in [0, 0.05) is 11.2 Å². The molecule has 0 unspecified atom stereocenters. The van der Waals surface area contributed by atoms with Gasteiger partial charge in [0.05, 0.1) is 18.6 Å². The number of carbonyl (C=O) groups excluding carboxylic acids is 1. The lowest BCUT2D eigenvalue weighted by Gasteiger charge is -2.10. The van der Waals surface area contributed by atoms with E-state index >= 15 is 0 Å². The van der Waals surface area contributed by atoms with E-state index in [4.69, 9.17) is 16.3 Å². The third-order valence-corrected chi connectivity index (χ3v) is 4.55. The van der Waals surface area contributed by atoms with Gasteiger partial charge >= 0.3 is 5.69 Å². The molecule has 7 nitrogen and oxygen atoms in total. The van der Waals surface area contributed by atoms with E-state index in [-0.39, 0.29) is 16.8 Å². The van der Waals surface area contributed by atoms with E-state index in [9.17, 15) is 9.59 Å². The summed E-state index contributed by atoms with van der Waals surface area (Å²) in [5.74, 6) is 0.254. The number of nitrogens with one attached hydrogen (secondary N) is 1. The van der Waals surface area contributed by atoms with Gasteiger partial charge in [-0.25, -0.2) is 9.78 Å². The number of anilines is 1. The van der Waals surface area contributed by atoms with Gasteiger partial charge in [-0.2, -0.15) is 4.98 Å². The summed E-state index contributed by atoms with van der Waals surface area (Å²) in [5, 5.41) is 3.45. The Kier molecular flexibility index (Phi) is 5.43. The van der Waals surface area contributed by atoms with Crippen molar-refractivity contribution in [3.63, 3.8) is 0 Å². The van der Waals surface area contributed by atoms with Crippen LogP contribution in [0, 0.1) is 6.92 Å². The molecule has 9 heteroatoms. The van der Waals surface area contributed by atoms with Crippen LogP contribution in [-0.2, 0) is 4.79 Å². The second-order valence-electron chi connectivity index (χ2n) is 5.40. The summed E-state index contributed by atoms with van der Waals surface area (Å²) < 4.78 is 6.55. The molecule has 0 aliphatic rings. The average Bonchev–Trinajstić information content (AvgIpc) is 2.60. The number of halogens is 1. The number of pyridine rings is 1. The molecule has 0 saturated heterocycles. The van der Waals surface area contributed by atoms with Crippen molar-refractivity contribution in [1.29, 1.82) is 0 Å². The van der Waals surface area contributed by atoms with Gasteiger partial charge in [0.2, 0.25) is 5.91 Å². The standard InChI is InChI=1S/C17H15ClN4O3S/c1-10-5-6-22-14(7-10)20-16(21-17(22)24)26-9-15(23)19-12-8-11(18)3-4-13(12)25-2/h3-8H,9H2,1-2H3,(H,19,23).